The van der Waals surface area contributed by atoms with Gasteiger partial charge in [-0.1, -0.05) is 0 Å². The zero-order valence-corrected chi connectivity index (χ0v) is 8.96. The Labute approximate surface area is 89.9 Å². The summed E-state index contributed by atoms with van der Waals surface area (Å²) in [5.74, 6) is 0.123. The lowest BCUT2D eigenvalue weighted by molar-refractivity contribution is 0.709. The van der Waals surface area contributed by atoms with Gasteiger partial charge in [0, 0.05) is 14.1 Å². The third-order valence-corrected chi connectivity index (χ3v) is 2.11. The van der Waals surface area contributed by atoms with Gasteiger partial charge in [0.2, 0.25) is 0 Å². The van der Waals surface area contributed by atoms with E-state index < -0.39 is 11.2 Å². The number of hydrogen-bond acceptors (Lipinski definition) is 4. The normalized spacial score (nSPS) is 10.3. The Morgan fingerprint density at radius 1 is 1.27 bits per heavy atom. The molecule has 0 saturated heterocycles. The number of rotatable bonds is 0. The van der Waals surface area contributed by atoms with E-state index >= 15 is 0 Å². The molecule has 2 aromatic rings. The van der Waals surface area contributed by atoms with E-state index in [9.17, 15) is 9.59 Å². The summed E-state index contributed by atoms with van der Waals surface area (Å²) in [4.78, 5) is 29.4. The number of anilines is 1. The number of nitrogens with zero attached hydrogens (tertiary/aromatic N) is 3. The summed E-state index contributed by atoms with van der Waals surface area (Å²) in [5, 5.41) is 0. The fraction of sp³-hybridized carbons (Fsp3) is 0.286. The number of nitrogens with one attached hydrogen (secondary N) is 1. The van der Waals surface area contributed by atoms with Crippen molar-refractivity contribution in [2.24, 2.45) is 14.1 Å². The first-order valence-corrected chi connectivity index (χ1v) is 3.93. The fourth-order valence-electron chi connectivity index (χ4n) is 1.34. The average molecular weight is 232 g/mol. The molecule has 82 valence electrons. The highest BCUT2D eigenvalue weighted by molar-refractivity contribution is 5.85. The van der Waals surface area contributed by atoms with Crippen LogP contribution in [0, 0.1) is 0 Å². The van der Waals surface area contributed by atoms with Gasteiger partial charge in [-0.3, -0.25) is 13.9 Å². The lowest BCUT2D eigenvalue weighted by Crippen LogP contribution is -2.36. The molecule has 0 aliphatic carbocycles. The predicted octanol–water partition coefficient (Wildman–Crippen LogP) is -1.04. The summed E-state index contributed by atoms with van der Waals surface area (Å²) in [6.07, 6.45) is 0. The first-order valence-electron chi connectivity index (χ1n) is 3.93. The van der Waals surface area contributed by atoms with Crippen LogP contribution in [0.2, 0.25) is 0 Å². The second kappa shape index (κ2) is 3.43. The molecule has 2 heterocycles. The van der Waals surface area contributed by atoms with Crippen molar-refractivity contribution in [2.45, 2.75) is 0 Å². The van der Waals surface area contributed by atoms with Gasteiger partial charge in [-0.25, -0.2) is 4.79 Å². The maximum Gasteiger partial charge on any atom is 0.332 e. The van der Waals surface area contributed by atoms with Gasteiger partial charge < -0.3 is 10.7 Å². The number of aryl methyl sites for hydroxylation is 1. The van der Waals surface area contributed by atoms with E-state index in [4.69, 9.17) is 5.73 Å². The third kappa shape index (κ3) is 1.40. The van der Waals surface area contributed by atoms with Gasteiger partial charge in [0.25, 0.3) is 5.56 Å². The number of H-pyrrole nitrogens is 1. The van der Waals surface area contributed by atoms with Crippen molar-refractivity contribution in [1.82, 2.24) is 19.1 Å². The zero-order valence-electron chi connectivity index (χ0n) is 8.14. The summed E-state index contributed by atoms with van der Waals surface area (Å²) >= 11 is 0. The van der Waals surface area contributed by atoms with Crippen LogP contribution < -0.4 is 17.0 Å². The van der Waals surface area contributed by atoms with Crippen LogP contribution in [0.1, 0.15) is 0 Å². The van der Waals surface area contributed by atoms with Crippen molar-refractivity contribution in [2.75, 3.05) is 5.73 Å². The molecule has 0 saturated carbocycles. The van der Waals surface area contributed by atoms with Crippen molar-refractivity contribution < 1.29 is 0 Å². The average Bonchev–Trinajstić information content (AvgIpc) is 2.54. The standard InChI is InChI=1S/C7H9N5O2.ClH/c1-11-4-3(9-6(8)10-4)5(13)12(2)7(11)14;/h1-2H3,(H3,8,9,10);1H. The Hall–Kier alpha value is -1.76. The number of nitrogen functional groups attached to an aromatic ring is 1. The van der Waals surface area contributed by atoms with Crippen LogP contribution in [0.5, 0.6) is 0 Å². The van der Waals surface area contributed by atoms with Gasteiger partial charge in [-0.05, 0) is 0 Å². The quantitative estimate of drug-likeness (QED) is 0.605. The second-order valence-electron chi connectivity index (χ2n) is 3.03. The van der Waals surface area contributed by atoms with Crippen LogP contribution in [0.15, 0.2) is 9.59 Å². The Bertz CT molecular complexity index is 623. The van der Waals surface area contributed by atoms with E-state index in [0.29, 0.717) is 0 Å². The molecule has 8 heteroatoms. The van der Waals surface area contributed by atoms with E-state index in [2.05, 4.69) is 9.97 Å². The van der Waals surface area contributed by atoms with Gasteiger partial charge >= 0.3 is 5.69 Å². The summed E-state index contributed by atoms with van der Waals surface area (Å²) in [6, 6.07) is 0. The highest BCUT2D eigenvalue weighted by atomic mass is 35.5. The number of aromatic amines is 1. The highest BCUT2D eigenvalue weighted by Crippen LogP contribution is 2.03. The zero-order chi connectivity index (χ0) is 10.5. The van der Waals surface area contributed by atoms with Crippen LogP contribution >= 0.6 is 12.4 Å². The summed E-state index contributed by atoms with van der Waals surface area (Å²) in [5.41, 5.74) is 5.07. The van der Waals surface area contributed by atoms with Crippen molar-refractivity contribution in [3.8, 4) is 0 Å². The third-order valence-electron chi connectivity index (χ3n) is 2.11. The van der Waals surface area contributed by atoms with Crippen LogP contribution in [-0.4, -0.2) is 19.1 Å². The van der Waals surface area contributed by atoms with Crippen molar-refractivity contribution in [3.05, 3.63) is 20.8 Å². The lowest BCUT2D eigenvalue weighted by Gasteiger charge is -2.00. The molecule has 0 unspecified atom stereocenters. The first-order chi connectivity index (χ1) is 6.52. The summed E-state index contributed by atoms with van der Waals surface area (Å²) in [6.45, 7) is 0. The maximum atomic E-state index is 11.5. The van der Waals surface area contributed by atoms with Crippen LogP contribution in [0.4, 0.5) is 5.95 Å². The molecule has 0 spiro atoms. The molecule has 2 aromatic heterocycles. The Morgan fingerprint density at radius 3 is 2.47 bits per heavy atom. The SMILES string of the molecule is Cl.Cn1c(=O)c2[nH]c(N)nc2n(C)c1=O. The molecule has 0 aliphatic rings. The maximum absolute atomic E-state index is 11.5. The van der Waals surface area contributed by atoms with Gasteiger partial charge in [-0.2, -0.15) is 4.98 Å². The Kier molecular flexibility index (Phi) is 2.59. The number of hydrogen-bond donors (Lipinski definition) is 2. The largest absolute Gasteiger partial charge is 0.369 e. The molecule has 2 rings (SSSR count). The van der Waals surface area contributed by atoms with Crippen LogP contribution in [-0.2, 0) is 14.1 Å². The molecule has 0 aliphatic heterocycles. The van der Waals surface area contributed by atoms with Crippen molar-refractivity contribution >= 4 is 29.5 Å². The van der Waals surface area contributed by atoms with E-state index in [1.54, 1.807) is 0 Å². The topological polar surface area (TPSA) is 98.7 Å². The summed E-state index contributed by atoms with van der Waals surface area (Å²) in [7, 11) is 2.94. The van der Waals surface area contributed by atoms with E-state index in [-0.39, 0.29) is 29.5 Å². The molecule has 0 fully saturated rings. The first kappa shape index (κ1) is 11.3. The molecule has 7 nitrogen and oxygen atoms in total. The number of fused-ring (bicyclic) bond motifs is 1. The summed E-state index contributed by atoms with van der Waals surface area (Å²) < 4.78 is 2.27. The van der Waals surface area contributed by atoms with Crippen molar-refractivity contribution in [3.63, 3.8) is 0 Å². The molecule has 0 radical (unpaired) electrons. The smallest absolute Gasteiger partial charge is 0.332 e. The monoisotopic (exact) mass is 231 g/mol. The Balaban J connectivity index is 0.00000112. The number of halogens is 1. The number of nitrogens with two attached hydrogens (primary N) is 1. The fourth-order valence-corrected chi connectivity index (χ4v) is 1.34. The molecule has 0 aromatic carbocycles. The number of imidazole rings is 1. The van der Waals surface area contributed by atoms with Gasteiger partial charge in [0.1, 0.15) is 0 Å². The highest BCUT2D eigenvalue weighted by Gasteiger charge is 2.11. The lowest BCUT2D eigenvalue weighted by atomic mass is 10.5. The Morgan fingerprint density at radius 2 is 1.87 bits per heavy atom. The minimum atomic E-state index is -0.424. The molecule has 3 N–H and O–H groups in total. The number of aromatic nitrogens is 4. The van der Waals surface area contributed by atoms with Gasteiger partial charge in [0.15, 0.2) is 17.1 Å². The van der Waals surface area contributed by atoms with Gasteiger partial charge in [-0.15, -0.1) is 12.4 Å². The minimum absolute atomic E-state index is 0. The van der Waals surface area contributed by atoms with E-state index in [0.717, 1.165) is 4.57 Å². The van der Waals surface area contributed by atoms with Crippen LogP contribution in [0.3, 0.4) is 0 Å². The van der Waals surface area contributed by atoms with Crippen LogP contribution in [0.25, 0.3) is 11.2 Å². The molecular formula is C7H10ClN5O2. The van der Waals surface area contributed by atoms with E-state index in [1.807, 2.05) is 0 Å². The molecule has 15 heavy (non-hydrogen) atoms. The molecule has 0 atom stereocenters. The van der Waals surface area contributed by atoms with Crippen molar-refractivity contribution in [1.29, 1.82) is 0 Å². The second-order valence-corrected chi connectivity index (χ2v) is 3.03. The molecule has 0 bridgehead atoms. The van der Waals surface area contributed by atoms with Gasteiger partial charge in [0.05, 0.1) is 0 Å². The molecule has 0 amide bonds. The predicted molar refractivity (Wildman–Crippen MR) is 58.2 cm³/mol. The van der Waals surface area contributed by atoms with E-state index in [1.165, 1.54) is 18.7 Å². The molecular weight excluding hydrogens is 222 g/mol. The minimum Gasteiger partial charge on any atom is -0.369 e.